The van der Waals surface area contributed by atoms with Gasteiger partial charge in [-0.2, -0.15) is 0 Å². The van der Waals surface area contributed by atoms with E-state index in [2.05, 4.69) is 18.7 Å². The van der Waals surface area contributed by atoms with E-state index in [1.54, 1.807) is 12.1 Å². The first kappa shape index (κ1) is 15.1. The van der Waals surface area contributed by atoms with Gasteiger partial charge in [-0.15, -0.1) is 0 Å². The molecule has 4 nitrogen and oxygen atoms in total. The molecule has 0 saturated heterocycles. The summed E-state index contributed by atoms with van der Waals surface area (Å²) in [5.74, 6) is 0.348. The van der Waals surface area contributed by atoms with Gasteiger partial charge < -0.3 is 15.6 Å². The standard InChI is InChI=1S/C13H21ClN2O2/c1-4-16(5-2)11(8-15)9-6-10(14)13(17)12(7-9)18-3/h6-7,11,17H,4-5,8,15H2,1-3H3. The third kappa shape index (κ3) is 3.07. The molecule has 0 radical (unpaired) electrons. The van der Waals surface area contributed by atoms with Gasteiger partial charge in [0, 0.05) is 12.6 Å². The van der Waals surface area contributed by atoms with Crippen LogP contribution in [0.5, 0.6) is 11.5 Å². The number of hydrogen-bond acceptors (Lipinski definition) is 4. The smallest absolute Gasteiger partial charge is 0.176 e. The Bertz CT molecular complexity index is 395. The van der Waals surface area contributed by atoms with Crippen LogP contribution in [0.4, 0.5) is 0 Å². The Labute approximate surface area is 113 Å². The van der Waals surface area contributed by atoms with Crippen molar-refractivity contribution in [1.29, 1.82) is 0 Å². The highest BCUT2D eigenvalue weighted by Crippen LogP contribution is 2.37. The van der Waals surface area contributed by atoms with Gasteiger partial charge in [-0.3, -0.25) is 4.90 Å². The Morgan fingerprint density at radius 1 is 1.39 bits per heavy atom. The molecule has 0 amide bonds. The zero-order valence-electron chi connectivity index (χ0n) is 11.1. The van der Waals surface area contributed by atoms with Gasteiger partial charge in [-0.25, -0.2) is 0 Å². The Kier molecular flexibility index (Phi) is 5.72. The molecule has 1 aromatic rings. The van der Waals surface area contributed by atoms with Crippen LogP contribution in [0.15, 0.2) is 12.1 Å². The van der Waals surface area contributed by atoms with Gasteiger partial charge in [0.2, 0.25) is 0 Å². The van der Waals surface area contributed by atoms with Crippen molar-refractivity contribution in [2.45, 2.75) is 19.9 Å². The second-order valence-corrected chi connectivity index (χ2v) is 4.43. The lowest BCUT2D eigenvalue weighted by Crippen LogP contribution is -2.33. The van der Waals surface area contributed by atoms with E-state index in [0.717, 1.165) is 18.7 Å². The quantitative estimate of drug-likeness (QED) is 0.835. The van der Waals surface area contributed by atoms with E-state index in [0.29, 0.717) is 12.3 Å². The maximum absolute atomic E-state index is 9.73. The van der Waals surface area contributed by atoms with Gasteiger partial charge in [-0.05, 0) is 30.8 Å². The molecule has 3 N–H and O–H groups in total. The van der Waals surface area contributed by atoms with Crippen LogP contribution in [0.25, 0.3) is 0 Å². The Hall–Kier alpha value is -0.970. The molecule has 5 heteroatoms. The number of hydrogen-bond donors (Lipinski definition) is 2. The molecule has 1 unspecified atom stereocenters. The monoisotopic (exact) mass is 272 g/mol. The van der Waals surface area contributed by atoms with Gasteiger partial charge in [0.15, 0.2) is 11.5 Å². The molecule has 18 heavy (non-hydrogen) atoms. The number of methoxy groups -OCH3 is 1. The molecule has 1 aromatic carbocycles. The van der Waals surface area contributed by atoms with E-state index >= 15 is 0 Å². The van der Waals surface area contributed by atoms with Crippen LogP contribution < -0.4 is 10.5 Å². The molecule has 1 atom stereocenters. The van der Waals surface area contributed by atoms with Crippen LogP contribution >= 0.6 is 11.6 Å². The summed E-state index contributed by atoms with van der Waals surface area (Å²) in [6.07, 6.45) is 0. The number of nitrogens with zero attached hydrogens (tertiary/aromatic N) is 1. The molecule has 0 saturated carbocycles. The minimum absolute atomic E-state index is 0.0294. The lowest BCUT2D eigenvalue weighted by atomic mass is 10.0. The van der Waals surface area contributed by atoms with Crippen LogP contribution in [-0.4, -0.2) is 36.8 Å². The third-order valence-corrected chi connectivity index (χ3v) is 3.42. The molecular formula is C13H21ClN2O2. The van der Waals surface area contributed by atoms with E-state index in [9.17, 15) is 5.11 Å². The van der Waals surface area contributed by atoms with Crippen molar-refractivity contribution < 1.29 is 9.84 Å². The van der Waals surface area contributed by atoms with Crippen molar-refractivity contribution in [2.75, 3.05) is 26.7 Å². The molecular weight excluding hydrogens is 252 g/mol. The number of rotatable bonds is 6. The van der Waals surface area contributed by atoms with E-state index in [-0.39, 0.29) is 16.8 Å². The molecule has 0 aliphatic carbocycles. The SMILES string of the molecule is CCN(CC)C(CN)c1cc(Cl)c(O)c(OC)c1. The Morgan fingerprint density at radius 3 is 2.44 bits per heavy atom. The van der Waals surface area contributed by atoms with Crippen molar-refractivity contribution in [2.24, 2.45) is 5.73 Å². The van der Waals surface area contributed by atoms with Crippen LogP contribution in [0.3, 0.4) is 0 Å². The van der Waals surface area contributed by atoms with Gasteiger partial charge in [0.25, 0.3) is 0 Å². The highest BCUT2D eigenvalue weighted by molar-refractivity contribution is 6.32. The first-order chi connectivity index (χ1) is 8.58. The summed E-state index contributed by atoms with van der Waals surface area (Å²) >= 11 is 6.00. The number of benzene rings is 1. The first-order valence-corrected chi connectivity index (χ1v) is 6.47. The van der Waals surface area contributed by atoms with E-state index in [1.807, 2.05) is 0 Å². The molecule has 0 spiro atoms. The highest BCUT2D eigenvalue weighted by atomic mass is 35.5. The molecule has 1 rings (SSSR count). The average Bonchev–Trinajstić information content (AvgIpc) is 2.39. The minimum atomic E-state index is -0.0294. The van der Waals surface area contributed by atoms with Crippen molar-refractivity contribution in [3.05, 3.63) is 22.7 Å². The van der Waals surface area contributed by atoms with Gasteiger partial charge in [0.1, 0.15) is 0 Å². The number of phenolic OH excluding ortho intramolecular Hbond substituents is 1. The summed E-state index contributed by atoms with van der Waals surface area (Å²) in [5, 5.41) is 10.0. The first-order valence-electron chi connectivity index (χ1n) is 6.09. The summed E-state index contributed by atoms with van der Waals surface area (Å²) in [4.78, 5) is 2.24. The molecule has 0 bridgehead atoms. The predicted octanol–water partition coefficient (Wildman–Crippen LogP) is 2.40. The summed E-state index contributed by atoms with van der Waals surface area (Å²) in [6, 6.07) is 3.61. The van der Waals surface area contributed by atoms with Crippen LogP contribution in [-0.2, 0) is 0 Å². The lowest BCUT2D eigenvalue weighted by Gasteiger charge is -2.29. The number of aromatic hydroxyl groups is 1. The second-order valence-electron chi connectivity index (χ2n) is 4.03. The topological polar surface area (TPSA) is 58.7 Å². The summed E-state index contributed by atoms with van der Waals surface area (Å²) < 4.78 is 5.11. The van der Waals surface area contributed by atoms with Crippen LogP contribution in [0.1, 0.15) is 25.5 Å². The van der Waals surface area contributed by atoms with Gasteiger partial charge >= 0.3 is 0 Å². The number of nitrogens with two attached hydrogens (primary N) is 1. The fourth-order valence-electron chi connectivity index (χ4n) is 2.10. The molecule has 0 fully saturated rings. The molecule has 0 aliphatic heterocycles. The summed E-state index contributed by atoms with van der Waals surface area (Å²) in [5.41, 5.74) is 6.81. The number of ether oxygens (including phenoxy) is 1. The third-order valence-electron chi connectivity index (χ3n) is 3.13. The highest BCUT2D eigenvalue weighted by Gasteiger charge is 2.19. The predicted molar refractivity (Wildman–Crippen MR) is 74.4 cm³/mol. The van der Waals surface area contributed by atoms with Gasteiger partial charge in [0.05, 0.1) is 12.1 Å². The van der Waals surface area contributed by atoms with E-state index in [4.69, 9.17) is 22.1 Å². The normalized spacial score (nSPS) is 12.8. The Morgan fingerprint density at radius 2 is 2.00 bits per heavy atom. The Balaban J connectivity index is 3.17. The minimum Gasteiger partial charge on any atom is -0.503 e. The fourth-order valence-corrected chi connectivity index (χ4v) is 2.32. The van der Waals surface area contributed by atoms with Crippen LogP contribution in [0.2, 0.25) is 5.02 Å². The maximum Gasteiger partial charge on any atom is 0.176 e. The fraction of sp³-hybridized carbons (Fsp3) is 0.538. The zero-order valence-corrected chi connectivity index (χ0v) is 11.9. The lowest BCUT2D eigenvalue weighted by molar-refractivity contribution is 0.223. The van der Waals surface area contributed by atoms with Crippen molar-refractivity contribution in [3.8, 4) is 11.5 Å². The van der Waals surface area contributed by atoms with Crippen LogP contribution in [0, 0.1) is 0 Å². The molecule has 102 valence electrons. The summed E-state index contributed by atoms with van der Waals surface area (Å²) in [7, 11) is 1.50. The largest absolute Gasteiger partial charge is 0.503 e. The van der Waals surface area contributed by atoms with E-state index < -0.39 is 0 Å². The number of likely N-dealkylation sites (N-methyl/N-ethyl adjacent to an activating group) is 1. The van der Waals surface area contributed by atoms with Crippen molar-refractivity contribution in [1.82, 2.24) is 4.90 Å². The zero-order chi connectivity index (χ0) is 13.7. The summed E-state index contributed by atoms with van der Waals surface area (Å²) in [6.45, 7) is 6.47. The van der Waals surface area contributed by atoms with E-state index in [1.165, 1.54) is 7.11 Å². The molecule has 0 heterocycles. The second kappa shape index (κ2) is 6.83. The number of halogens is 1. The van der Waals surface area contributed by atoms with Crippen molar-refractivity contribution >= 4 is 11.6 Å². The maximum atomic E-state index is 9.73. The molecule has 0 aliphatic rings. The average molecular weight is 273 g/mol. The van der Waals surface area contributed by atoms with Gasteiger partial charge in [-0.1, -0.05) is 25.4 Å². The van der Waals surface area contributed by atoms with Crippen molar-refractivity contribution in [3.63, 3.8) is 0 Å². The number of phenols is 1. The molecule has 0 aromatic heterocycles.